The van der Waals surface area contributed by atoms with Gasteiger partial charge in [-0.25, -0.2) is 15.0 Å². The first kappa shape index (κ1) is 27.2. The number of hydrogen-bond donors (Lipinski definition) is 0. The standard InChI is InChI=1S/C53H32N4S/c1-3-14-35-30-38(26-24-33(35)12-1)51-54-52(39-27-25-34-13-2-4-15-36(34)31-39)56-53(55-51)45-32-37(40-19-11-20-44-43-18-7-10-23-49(43)58-50(40)44)28-29-48(45)57-46-21-8-5-16-41(46)42-17-6-9-22-47(42)57/h1-32H/i5D,6D,16D,17D,21D,22D. The summed E-state index contributed by atoms with van der Waals surface area (Å²) in [5, 5.41) is 6.90. The fraction of sp³-hybridized carbons (Fsp3) is 0. The van der Waals surface area contributed by atoms with Crippen LogP contribution in [0.15, 0.2) is 194 Å². The highest BCUT2D eigenvalue weighted by Crippen LogP contribution is 2.43. The molecule has 0 fully saturated rings. The number of rotatable bonds is 5. The van der Waals surface area contributed by atoms with Crippen molar-refractivity contribution < 1.29 is 8.22 Å². The van der Waals surface area contributed by atoms with E-state index in [4.69, 9.17) is 20.4 Å². The van der Waals surface area contributed by atoms with Gasteiger partial charge in [-0.3, -0.25) is 0 Å². The van der Waals surface area contributed by atoms with E-state index in [1.165, 1.54) is 22.2 Å². The molecule has 270 valence electrons. The van der Waals surface area contributed by atoms with E-state index in [1.807, 2.05) is 54.6 Å². The first-order chi connectivity index (χ1) is 31.2. The van der Waals surface area contributed by atoms with Gasteiger partial charge in [0, 0.05) is 47.6 Å². The molecule has 0 aliphatic heterocycles. The van der Waals surface area contributed by atoms with Gasteiger partial charge in [-0.1, -0.05) is 152 Å². The van der Waals surface area contributed by atoms with Crippen LogP contribution in [0.2, 0.25) is 0 Å². The summed E-state index contributed by atoms with van der Waals surface area (Å²) in [6, 6.07) is 51.1. The molecular weight excluding hydrogens is 725 g/mol. The second-order valence-corrected chi connectivity index (χ2v) is 15.4. The van der Waals surface area contributed by atoms with Gasteiger partial charge in [-0.2, -0.15) is 0 Å². The molecule has 0 radical (unpaired) electrons. The van der Waals surface area contributed by atoms with Gasteiger partial charge in [0.1, 0.15) is 0 Å². The van der Waals surface area contributed by atoms with Crippen LogP contribution >= 0.6 is 11.3 Å². The summed E-state index contributed by atoms with van der Waals surface area (Å²) in [7, 11) is 0. The van der Waals surface area contributed by atoms with Crippen LogP contribution in [0.5, 0.6) is 0 Å². The molecule has 0 bridgehead atoms. The monoisotopic (exact) mass is 762 g/mol. The van der Waals surface area contributed by atoms with E-state index in [0.717, 1.165) is 53.9 Å². The van der Waals surface area contributed by atoms with Crippen molar-refractivity contribution >= 4 is 74.9 Å². The Kier molecular flexibility index (Phi) is 6.12. The van der Waals surface area contributed by atoms with Crippen LogP contribution in [0, 0.1) is 0 Å². The highest BCUT2D eigenvalue weighted by molar-refractivity contribution is 7.26. The first-order valence-corrected chi connectivity index (χ1v) is 19.8. The lowest BCUT2D eigenvalue weighted by Gasteiger charge is -2.17. The molecule has 12 aromatic rings. The maximum absolute atomic E-state index is 9.31. The van der Waals surface area contributed by atoms with Crippen molar-refractivity contribution in [3.8, 4) is 51.0 Å². The zero-order valence-electron chi connectivity index (χ0n) is 36.7. The van der Waals surface area contributed by atoms with Crippen LogP contribution in [-0.2, 0) is 0 Å². The summed E-state index contributed by atoms with van der Waals surface area (Å²) in [5.74, 6) is 1.23. The smallest absolute Gasteiger partial charge is 0.166 e. The lowest BCUT2D eigenvalue weighted by molar-refractivity contribution is 1.07. The molecule has 0 N–H and O–H groups in total. The Morgan fingerprint density at radius 1 is 0.414 bits per heavy atom. The molecule has 0 aliphatic rings. The average Bonchev–Trinajstić information content (AvgIpc) is 3.90. The Morgan fingerprint density at radius 3 is 1.66 bits per heavy atom. The minimum Gasteiger partial charge on any atom is -0.309 e. The maximum Gasteiger partial charge on any atom is 0.166 e. The number of para-hydroxylation sites is 2. The number of nitrogens with zero attached hydrogens (tertiary/aromatic N) is 4. The molecule has 0 amide bonds. The van der Waals surface area contributed by atoms with Crippen LogP contribution in [0.1, 0.15) is 8.22 Å². The Morgan fingerprint density at radius 2 is 0.983 bits per heavy atom. The van der Waals surface area contributed by atoms with E-state index >= 15 is 0 Å². The lowest BCUT2D eigenvalue weighted by atomic mass is 9.99. The van der Waals surface area contributed by atoms with E-state index in [0.29, 0.717) is 28.7 Å². The number of thiophene rings is 1. The SMILES string of the molecule is [2H]c1cc([2H])c2c(c1[2H])c1c([2H])c([2H])cc([2H])c1n2-c1ccc(-c2cccc3c2sc2ccccc23)cc1-c1nc(-c2ccc3ccccc3c2)nc(-c2ccc3ccccc3c2)n1. The summed E-state index contributed by atoms with van der Waals surface area (Å²) in [5.41, 5.74) is 5.04. The third kappa shape index (κ3) is 5.25. The molecule has 0 atom stereocenters. The Balaban J connectivity index is 1.21. The third-order valence-corrected chi connectivity index (χ3v) is 12.2. The Labute approximate surface area is 346 Å². The zero-order chi connectivity index (χ0) is 43.4. The predicted octanol–water partition coefficient (Wildman–Crippen LogP) is 14.3. The van der Waals surface area contributed by atoms with E-state index < -0.39 is 0 Å². The van der Waals surface area contributed by atoms with Crippen LogP contribution in [0.3, 0.4) is 0 Å². The van der Waals surface area contributed by atoms with Gasteiger partial charge >= 0.3 is 0 Å². The maximum atomic E-state index is 9.31. The van der Waals surface area contributed by atoms with Gasteiger partial charge in [0.05, 0.1) is 24.9 Å². The van der Waals surface area contributed by atoms with Crippen molar-refractivity contribution in [1.82, 2.24) is 19.5 Å². The molecule has 9 aromatic carbocycles. The highest BCUT2D eigenvalue weighted by atomic mass is 32.1. The van der Waals surface area contributed by atoms with Gasteiger partial charge < -0.3 is 4.57 Å². The first-order valence-electron chi connectivity index (χ1n) is 22.0. The van der Waals surface area contributed by atoms with E-state index in [9.17, 15) is 2.74 Å². The number of fused-ring (bicyclic) bond motifs is 8. The molecule has 3 heterocycles. The summed E-state index contributed by atoms with van der Waals surface area (Å²) in [6.07, 6.45) is 0. The van der Waals surface area contributed by atoms with Crippen LogP contribution in [-0.4, -0.2) is 19.5 Å². The fourth-order valence-electron chi connectivity index (χ4n) is 8.22. The third-order valence-electron chi connectivity index (χ3n) is 11.0. The molecular formula is C53H32N4S. The van der Waals surface area contributed by atoms with Crippen molar-refractivity contribution in [3.05, 3.63) is 194 Å². The van der Waals surface area contributed by atoms with Crippen LogP contribution in [0.4, 0.5) is 0 Å². The number of benzene rings is 9. The molecule has 0 unspecified atom stereocenters. The van der Waals surface area contributed by atoms with E-state index in [2.05, 4.69) is 91.0 Å². The molecule has 58 heavy (non-hydrogen) atoms. The predicted molar refractivity (Wildman–Crippen MR) is 244 cm³/mol. The van der Waals surface area contributed by atoms with Gasteiger partial charge in [0.15, 0.2) is 17.5 Å². The van der Waals surface area contributed by atoms with Gasteiger partial charge in [-0.05, 0) is 75.1 Å². The Hall–Kier alpha value is -7.47. The fourth-order valence-corrected chi connectivity index (χ4v) is 9.46. The van der Waals surface area contributed by atoms with Crippen LogP contribution < -0.4 is 0 Å². The van der Waals surface area contributed by atoms with Gasteiger partial charge in [0.25, 0.3) is 0 Å². The van der Waals surface area contributed by atoms with Crippen molar-refractivity contribution in [1.29, 1.82) is 0 Å². The molecule has 12 rings (SSSR count). The molecule has 5 heteroatoms. The molecule has 3 aromatic heterocycles. The van der Waals surface area contributed by atoms with Crippen molar-refractivity contribution in [2.75, 3.05) is 0 Å². The molecule has 0 saturated carbocycles. The summed E-state index contributed by atoms with van der Waals surface area (Å²) < 4.78 is 58.1. The lowest BCUT2D eigenvalue weighted by Crippen LogP contribution is -2.04. The largest absolute Gasteiger partial charge is 0.309 e. The normalized spacial score (nSPS) is 13.2. The average molecular weight is 763 g/mol. The second-order valence-electron chi connectivity index (χ2n) is 14.3. The van der Waals surface area contributed by atoms with Crippen molar-refractivity contribution in [2.45, 2.75) is 0 Å². The summed E-state index contributed by atoms with van der Waals surface area (Å²) in [6.45, 7) is 0. The molecule has 4 nitrogen and oxygen atoms in total. The minimum atomic E-state index is -0.180. The number of aromatic nitrogens is 4. The highest BCUT2D eigenvalue weighted by Gasteiger charge is 2.21. The number of hydrogen-bond acceptors (Lipinski definition) is 4. The minimum absolute atomic E-state index is 0.0491. The van der Waals surface area contributed by atoms with Crippen molar-refractivity contribution in [2.24, 2.45) is 0 Å². The van der Waals surface area contributed by atoms with Gasteiger partial charge in [-0.15, -0.1) is 11.3 Å². The second kappa shape index (κ2) is 13.1. The summed E-state index contributed by atoms with van der Waals surface area (Å²) in [4.78, 5) is 15.7. The Bertz CT molecular complexity index is 3780. The van der Waals surface area contributed by atoms with Crippen LogP contribution in [0.25, 0.3) is 115 Å². The topological polar surface area (TPSA) is 43.6 Å². The zero-order valence-corrected chi connectivity index (χ0v) is 31.5. The van der Waals surface area contributed by atoms with Gasteiger partial charge in [0.2, 0.25) is 0 Å². The molecule has 0 aliphatic carbocycles. The molecule has 0 spiro atoms. The van der Waals surface area contributed by atoms with E-state index in [-0.39, 0.29) is 58.1 Å². The summed E-state index contributed by atoms with van der Waals surface area (Å²) >= 11 is 1.73. The van der Waals surface area contributed by atoms with Crippen molar-refractivity contribution in [3.63, 3.8) is 0 Å². The quantitative estimate of drug-likeness (QED) is 0.175. The van der Waals surface area contributed by atoms with E-state index in [1.54, 1.807) is 15.9 Å². The molecule has 0 saturated heterocycles.